The summed E-state index contributed by atoms with van der Waals surface area (Å²) in [6, 6.07) is 5.85. The van der Waals surface area contributed by atoms with E-state index in [9.17, 15) is 0 Å². The Morgan fingerprint density at radius 1 is 1.23 bits per heavy atom. The first-order chi connectivity index (χ1) is 14.1. The van der Waals surface area contributed by atoms with Crippen molar-refractivity contribution >= 4 is 35.6 Å². The number of aryl methyl sites for hydroxylation is 1. The molecular weight excluding hydrogens is 497 g/mol. The summed E-state index contributed by atoms with van der Waals surface area (Å²) in [6.07, 6.45) is 0.887. The number of ether oxygens (including phenoxy) is 3. The van der Waals surface area contributed by atoms with Crippen LogP contribution in [0, 0.1) is 13.8 Å². The zero-order chi connectivity index (χ0) is 20.6. The average Bonchev–Trinajstić information content (AvgIpc) is 2.87. The number of anilines is 1. The normalized spacial score (nSPS) is 13.4. The van der Waals surface area contributed by atoms with Crippen LogP contribution in [0.1, 0.15) is 30.3 Å². The van der Waals surface area contributed by atoms with E-state index in [1.54, 1.807) is 7.11 Å². The van der Waals surface area contributed by atoms with Crippen molar-refractivity contribution in [1.82, 2.24) is 15.1 Å². The fourth-order valence-electron chi connectivity index (χ4n) is 3.20. The van der Waals surface area contributed by atoms with E-state index in [1.165, 1.54) is 0 Å². The first kappa shape index (κ1) is 24.3. The largest absolute Gasteiger partial charge is 0.490 e. The second kappa shape index (κ2) is 12.0. The smallest absolute Gasteiger partial charge is 0.196 e. The third-order valence-corrected chi connectivity index (χ3v) is 4.79. The van der Waals surface area contributed by atoms with E-state index in [0.717, 1.165) is 53.6 Å². The van der Waals surface area contributed by atoms with Gasteiger partial charge >= 0.3 is 0 Å². The number of halogens is 1. The van der Waals surface area contributed by atoms with Gasteiger partial charge in [-0.3, -0.25) is 4.68 Å². The molecule has 0 unspecified atom stereocenters. The van der Waals surface area contributed by atoms with Gasteiger partial charge in [0.15, 0.2) is 17.5 Å². The van der Waals surface area contributed by atoms with Crippen LogP contribution in [-0.4, -0.2) is 49.2 Å². The van der Waals surface area contributed by atoms with Crippen molar-refractivity contribution in [2.24, 2.45) is 4.99 Å². The molecule has 0 saturated carbocycles. The minimum Gasteiger partial charge on any atom is -0.490 e. The maximum Gasteiger partial charge on any atom is 0.196 e. The summed E-state index contributed by atoms with van der Waals surface area (Å²) in [5.41, 5.74) is 4.15. The van der Waals surface area contributed by atoms with Gasteiger partial charge in [-0.2, -0.15) is 5.10 Å². The molecule has 2 aromatic rings. The Morgan fingerprint density at radius 2 is 2.00 bits per heavy atom. The average molecular weight is 529 g/mol. The monoisotopic (exact) mass is 529 g/mol. The lowest BCUT2D eigenvalue weighted by molar-refractivity contribution is 0.182. The minimum absolute atomic E-state index is 0. The Hall–Kier alpha value is -2.01. The molecule has 0 radical (unpaired) electrons. The summed E-state index contributed by atoms with van der Waals surface area (Å²) in [6.45, 7) is 10.2. The van der Waals surface area contributed by atoms with Gasteiger partial charge in [0.25, 0.3) is 0 Å². The lowest BCUT2D eigenvalue weighted by Gasteiger charge is -2.14. The topological polar surface area (TPSA) is 81.9 Å². The molecule has 0 amide bonds. The second-order valence-electron chi connectivity index (χ2n) is 6.90. The van der Waals surface area contributed by atoms with Crippen molar-refractivity contribution in [3.63, 3.8) is 0 Å². The van der Waals surface area contributed by atoms with Crippen molar-refractivity contribution in [3.8, 4) is 11.5 Å². The van der Waals surface area contributed by atoms with Gasteiger partial charge < -0.3 is 24.8 Å². The first-order valence-electron chi connectivity index (χ1n) is 10.1. The number of methoxy groups -OCH3 is 1. The zero-order valence-corrected chi connectivity index (χ0v) is 20.5. The second-order valence-corrected chi connectivity index (χ2v) is 6.90. The minimum atomic E-state index is 0. The summed E-state index contributed by atoms with van der Waals surface area (Å²) >= 11 is 0. The Morgan fingerprint density at radius 3 is 2.73 bits per heavy atom. The molecule has 2 N–H and O–H groups in total. The quantitative estimate of drug-likeness (QED) is 0.325. The standard InChI is InChI=1S/C21H31N5O3.HI/c1-5-22-21(23-14-18-15(2)25-26(16(18)3)9-12-27-4)24-17-7-8-19-20(13-17)29-11-6-10-28-19;/h7-8,13H,5-6,9-12,14H2,1-4H3,(H2,22,23,24);1H. The molecule has 0 saturated heterocycles. The Balaban J connectivity index is 0.00000320. The van der Waals surface area contributed by atoms with E-state index in [-0.39, 0.29) is 24.0 Å². The van der Waals surface area contributed by atoms with Crippen LogP contribution < -0.4 is 20.1 Å². The molecule has 1 aromatic carbocycles. The van der Waals surface area contributed by atoms with E-state index in [2.05, 4.69) is 22.7 Å². The van der Waals surface area contributed by atoms with Gasteiger partial charge in [0, 0.05) is 43.1 Å². The summed E-state index contributed by atoms with van der Waals surface area (Å²) in [5, 5.41) is 11.3. The number of nitrogens with zero attached hydrogens (tertiary/aromatic N) is 3. The van der Waals surface area contributed by atoms with Gasteiger partial charge in [-0.1, -0.05) is 0 Å². The van der Waals surface area contributed by atoms with Gasteiger partial charge in [0.05, 0.1) is 38.6 Å². The van der Waals surface area contributed by atoms with Crippen LogP contribution in [0.4, 0.5) is 5.69 Å². The maximum atomic E-state index is 5.78. The van der Waals surface area contributed by atoms with E-state index >= 15 is 0 Å². The van der Waals surface area contributed by atoms with E-state index in [1.807, 2.05) is 36.7 Å². The molecule has 0 atom stereocenters. The first-order valence-corrected chi connectivity index (χ1v) is 10.1. The number of rotatable bonds is 7. The molecule has 1 aromatic heterocycles. The van der Waals surface area contributed by atoms with Crippen LogP contribution in [0.2, 0.25) is 0 Å². The van der Waals surface area contributed by atoms with Crippen molar-refractivity contribution in [2.45, 2.75) is 40.3 Å². The molecule has 2 heterocycles. The third kappa shape index (κ3) is 6.24. The summed E-state index contributed by atoms with van der Waals surface area (Å²) < 4.78 is 18.6. The molecule has 0 aliphatic carbocycles. The number of hydrogen-bond acceptors (Lipinski definition) is 5. The van der Waals surface area contributed by atoms with Crippen LogP contribution in [0.25, 0.3) is 0 Å². The van der Waals surface area contributed by atoms with Crippen molar-refractivity contribution in [3.05, 3.63) is 35.2 Å². The molecule has 1 aliphatic rings. The summed E-state index contributed by atoms with van der Waals surface area (Å²) in [5.74, 6) is 2.25. The Labute approximate surface area is 195 Å². The highest BCUT2D eigenvalue weighted by molar-refractivity contribution is 14.0. The molecule has 30 heavy (non-hydrogen) atoms. The highest BCUT2D eigenvalue weighted by atomic mass is 127. The molecule has 0 bridgehead atoms. The molecule has 0 fully saturated rings. The van der Waals surface area contributed by atoms with Gasteiger partial charge in [0.1, 0.15) is 0 Å². The molecule has 1 aliphatic heterocycles. The predicted molar refractivity (Wildman–Crippen MR) is 129 cm³/mol. The SMILES string of the molecule is CCNC(=NCc1c(C)nn(CCOC)c1C)Nc1ccc2c(c1)OCCCO2.I. The molecule has 3 rings (SSSR count). The fraction of sp³-hybridized carbons (Fsp3) is 0.524. The number of fused-ring (bicyclic) bond motifs is 1. The van der Waals surface area contributed by atoms with Gasteiger partial charge in [-0.05, 0) is 32.9 Å². The molecule has 0 spiro atoms. The van der Waals surface area contributed by atoms with Crippen LogP contribution in [0.5, 0.6) is 11.5 Å². The van der Waals surface area contributed by atoms with Crippen molar-refractivity contribution < 1.29 is 14.2 Å². The number of nitrogens with one attached hydrogen (secondary N) is 2. The number of aliphatic imine (C=N–C) groups is 1. The molecule has 166 valence electrons. The van der Waals surface area contributed by atoms with E-state index in [4.69, 9.17) is 19.2 Å². The van der Waals surface area contributed by atoms with Gasteiger partial charge in [-0.25, -0.2) is 4.99 Å². The van der Waals surface area contributed by atoms with Gasteiger partial charge in [-0.15, -0.1) is 24.0 Å². The molecule has 8 nitrogen and oxygen atoms in total. The highest BCUT2D eigenvalue weighted by Crippen LogP contribution is 2.32. The van der Waals surface area contributed by atoms with E-state index < -0.39 is 0 Å². The number of aromatic nitrogens is 2. The molecule has 9 heteroatoms. The van der Waals surface area contributed by atoms with Crippen molar-refractivity contribution in [1.29, 1.82) is 0 Å². The van der Waals surface area contributed by atoms with Crippen LogP contribution in [0.15, 0.2) is 23.2 Å². The lowest BCUT2D eigenvalue weighted by atomic mass is 10.2. The van der Waals surface area contributed by atoms with Crippen LogP contribution in [0.3, 0.4) is 0 Å². The summed E-state index contributed by atoms with van der Waals surface area (Å²) in [4.78, 5) is 4.76. The lowest BCUT2D eigenvalue weighted by Crippen LogP contribution is -2.30. The van der Waals surface area contributed by atoms with Crippen LogP contribution >= 0.6 is 24.0 Å². The van der Waals surface area contributed by atoms with Crippen LogP contribution in [-0.2, 0) is 17.8 Å². The molecular formula is C21H32IN5O3. The zero-order valence-electron chi connectivity index (χ0n) is 18.2. The van der Waals surface area contributed by atoms with Gasteiger partial charge in [0.2, 0.25) is 0 Å². The highest BCUT2D eigenvalue weighted by Gasteiger charge is 2.13. The predicted octanol–water partition coefficient (Wildman–Crippen LogP) is 3.50. The number of hydrogen-bond donors (Lipinski definition) is 2. The fourth-order valence-corrected chi connectivity index (χ4v) is 3.20. The number of benzene rings is 1. The summed E-state index contributed by atoms with van der Waals surface area (Å²) in [7, 11) is 1.70. The van der Waals surface area contributed by atoms with E-state index in [0.29, 0.717) is 32.3 Å². The Kier molecular flexibility index (Phi) is 9.70. The number of guanidine groups is 1. The third-order valence-electron chi connectivity index (χ3n) is 4.79. The Bertz CT molecular complexity index is 853. The maximum absolute atomic E-state index is 5.78. The van der Waals surface area contributed by atoms with Crippen molar-refractivity contribution in [2.75, 3.05) is 38.8 Å².